The van der Waals surface area contributed by atoms with Gasteiger partial charge in [0.15, 0.2) is 0 Å². The smallest absolute Gasteiger partial charge is 0.0762 e. The largest absolute Gasteiger partial charge is 0.305 e. The van der Waals surface area contributed by atoms with Gasteiger partial charge in [-0.15, -0.1) is 11.3 Å². The third kappa shape index (κ3) is 1.81. The van der Waals surface area contributed by atoms with Crippen LogP contribution in [-0.2, 0) is 6.42 Å². The third-order valence-electron chi connectivity index (χ3n) is 2.84. The van der Waals surface area contributed by atoms with Gasteiger partial charge in [0.1, 0.15) is 0 Å². The number of hydrogen-bond donors (Lipinski definition) is 1. The minimum atomic E-state index is 0.267. The van der Waals surface area contributed by atoms with E-state index in [1.807, 2.05) is 23.6 Å². The summed E-state index contributed by atoms with van der Waals surface area (Å²) in [5.74, 6) is 0. The van der Waals surface area contributed by atoms with Gasteiger partial charge >= 0.3 is 0 Å². The summed E-state index contributed by atoms with van der Waals surface area (Å²) in [4.78, 5) is 5.97. The van der Waals surface area contributed by atoms with Crippen molar-refractivity contribution in [2.24, 2.45) is 0 Å². The van der Waals surface area contributed by atoms with Crippen LogP contribution in [0.2, 0.25) is 0 Å². The van der Waals surface area contributed by atoms with Gasteiger partial charge in [-0.3, -0.25) is 4.98 Å². The summed E-state index contributed by atoms with van der Waals surface area (Å²) in [7, 11) is 0. The first-order valence-corrected chi connectivity index (χ1v) is 6.93. The maximum atomic E-state index is 4.48. The molecule has 2 aromatic rings. The van der Waals surface area contributed by atoms with Crippen LogP contribution in [0.5, 0.6) is 0 Å². The molecule has 0 radical (unpaired) electrons. The van der Waals surface area contributed by atoms with Crippen LogP contribution in [0.4, 0.5) is 0 Å². The molecule has 82 valence electrons. The summed E-state index contributed by atoms with van der Waals surface area (Å²) in [6.07, 6.45) is 3.00. The van der Waals surface area contributed by atoms with Crippen molar-refractivity contribution in [3.05, 3.63) is 50.4 Å². The first kappa shape index (κ1) is 10.4. The number of hydrogen-bond acceptors (Lipinski definition) is 3. The average molecular weight is 295 g/mol. The number of aromatic nitrogens is 1. The zero-order valence-corrected chi connectivity index (χ0v) is 11.0. The molecule has 0 saturated heterocycles. The van der Waals surface area contributed by atoms with Crippen LogP contribution < -0.4 is 5.32 Å². The van der Waals surface area contributed by atoms with Gasteiger partial charge < -0.3 is 5.32 Å². The Hall–Kier alpha value is -0.710. The van der Waals surface area contributed by atoms with Crippen molar-refractivity contribution < 1.29 is 0 Å². The molecule has 1 aliphatic heterocycles. The highest BCUT2D eigenvalue weighted by Gasteiger charge is 2.22. The third-order valence-corrected chi connectivity index (χ3v) is 4.30. The molecule has 1 aliphatic rings. The predicted octanol–water partition coefficient (Wildman–Crippen LogP) is 3.14. The minimum Gasteiger partial charge on any atom is -0.305 e. The summed E-state index contributed by atoms with van der Waals surface area (Å²) in [6, 6.07) is 6.60. The van der Waals surface area contributed by atoms with Gasteiger partial charge in [-0.2, -0.15) is 0 Å². The maximum absolute atomic E-state index is 4.48. The molecule has 0 aromatic carbocycles. The van der Waals surface area contributed by atoms with Gasteiger partial charge in [-0.1, -0.05) is 0 Å². The van der Waals surface area contributed by atoms with Crippen LogP contribution in [0.15, 0.2) is 34.2 Å². The fourth-order valence-corrected chi connectivity index (χ4v) is 3.23. The van der Waals surface area contributed by atoms with Gasteiger partial charge in [0.05, 0.1) is 11.7 Å². The first-order chi connectivity index (χ1) is 7.84. The lowest BCUT2D eigenvalue weighted by atomic mass is 9.99. The molecule has 0 spiro atoms. The lowest BCUT2D eigenvalue weighted by Gasteiger charge is -2.23. The maximum Gasteiger partial charge on any atom is 0.0762 e. The monoisotopic (exact) mass is 294 g/mol. The molecule has 1 unspecified atom stereocenters. The Morgan fingerprint density at radius 3 is 3.12 bits per heavy atom. The Labute approximate surface area is 107 Å². The van der Waals surface area contributed by atoms with Crippen molar-refractivity contribution in [1.29, 1.82) is 0 Å². The van der Waals surface area contributed by atoms with E-state index in [1.54, 1.807) is 0 Å². The Balaban J connectivity index is 2.00. The van der Waals surface area contributed by atoms with Crippen molar-refractivity contribution in [3.63, 3.8) is 0 Å². The molecule has 4 heteroatoms. The van der Waals surface area contributed by atoms with Crippen LogP contribution in [0.3, 0.4) is 0 Å². The van der Waals surface area contributed by atoms with E-state index in [0.717, 1.165) is 23.1 Å². The Morgan fingerprint density at radius 2 is 2.31 bits per heavy atom. The van der Waals surface area contributed by atoms with Gasteiger partial charge in [0.25, 0.3) is 0 Å². The Kier molecular flexibility index (Phi) is 2.79. The van der Waals surface area contributed by atoms with E-state index in [4.69, 9.17) is 0 Å². The normalized spacial score (nSPS) is 19.4. The van der Waals surface area contributed by atoms with E-state index >= 15 is 0 Å². The molecule has 1 atom stereocenters. The molecule has 2 aromatic heterocycles. The molecule has 2 nitrogen and oxygen atoms in total. The average Bonchev–Trinajstić information content (AvgIpc) is 2.78. The summed E-state index contributed by atoms with van der Waals surface area (Å²) < 4.78 is 1.03. The molecule has 3 heterocycles. The Morgan fingerprint density at radius 1 is 1.38 bits per heavy atom. The molecule has 1 N–H and O–H groups in total. The standard InChI is InChI=1S/C12H11BrN2S/c13-8-1-2-10(15-7-8)12-9-4-6-16-11(9)3-5-14-12/h1-2,4,6-7,12,14H,3,5H2. The SMILES string of the molecule is Brc1ccc(C2NCCc3sccc32)nc1. The lowest BCUT2D eigenvalue weighted by Crippen LogP contribution is -2.29. The fraction of sp³-hybridized carbons (Fsp3) is 0.250. The number of thiophene rings is 1. The highest BCUT2D eigenvalue weighted by molar-refractivity contribution is 9.10. The summed E-state index contributed by atoms with van der Waals surface area (Å²) in [5.41, 5.74) is 2.49. The van der Waals surface area contributed by atoms with Crippen molar-refractivity contribution in [2.45, 2.75) is 12.5 Å². The number of rotatable bonds is 1. The second-order valence-corrected chi connectivity index (χ2v) is 5.75. The van der Waals surface area contributed by atoms with E-state index in [2.05, 4.69) is 43.7 Å². The molecule has 16 heavy (non-hydrogen) atoms. The number of pyridine rings is 1. The van der Waals surface area contributed by atoms with Gasteiger partial charge in [-0.25, -0.2) is 0 Å². The van der Waals surface area contributed by atoms with Crippen molar-refractivity contribution in [3.8, 4) is 0 Å². The van der Waals surface area contributed by atoms with Gasteiger partial charge in [0.2, 0.25) is 0 Å². The molecule has 3 rings (SSSR count). The Bertz CT molecular complexity index is 492. The summed E-state index contributed by atoms with van der Waals surface area (Å²) >= 11 is 5.26. The highest BCUT2D eigenvalue weighted by Crippen LogP contribution is 2.31. The van der Waals surface area contributed by atoms with Gasteiger partial charge in [0, 0.05) is 22.1 Å². The zero-order chi connectivity index (χ0) is 11.0. The van der Waals surface area contributed by atoms with E-state index in [9.17, 15) is 0 Å². The second kappa shape index (κ2) is 4.28. The molecule has 0 amide bonds. The predicted molar refractivity (Wildman–Crippen MR) is 69.8 cm³/mol. The number of nitrogens with zero attached hydrogens (tertiary/aromatic N) is 1. The van der Waals surface area contributed by atoms with Crippen molar-refractivity contribution in [1.82, 2.24) is 10.3 Å². The van der Waals surface area contributed by atoms with Crippen LogP contribution in [0.1, 0.15) is 22.2 Å². The number of fused-ring (bicyclic) bond motifs is 1. The van der Waals surface area contributed by atoms with E-state index < -0.39 is 0 Å². The fourth-order valence-electron chi connectivity index (χ4n) is 2.07. The molecule has 0 fully saturated rings. The first-order valence-electron chi connectivity index (χ1n) is 5.26. The van der Waals surface area contributed by atoms with Crippen molar-refractivity contribution in [2.75, 3.05) is 6.54 Å². The van der Waals surface area contributed by atoms with E-state index in [-0.39, 0.29) is 6.04 Å². The number of halogens is 1. The molecular weight excluding hydrogens is 284 g/mol. The van der Waals surface area contributed by atoms with Crippen LogP contribution in [-0.4, -0.2) is 11.5 Å². The quantitative estimate of drug-likeness (QED) is 0.874. The number of nitrogens with one attached hydrogen (secondary N) is 1. The lowest BCUT2D eigenvalue weighted by molar-refractivity contribution is 0.563. The van der Waals surface area contributed by atoms with Crippen LogP contribution in [0.25, 0.3) is 0 Å². The molecule has 0 saturated carbocycles. The van der Waals surface area contributed by atoms with Crippen molar-refractivity contribution >= 4 is 27.3 Å². The van der Waals surface area contributed by atoms with Crippen LogP contribution >= 0.6 is 27.3 Å². The zero-order valence-electron chi connectivity index (χ0n) is 8.61. The summed E-state index contributed by atoms with van der Waals surface area (Å²) in [6.45, 7) is 1.04. The van der Waals surface area contributed by atoms with E-state index in [0.29, 0.717) is 0 Å². The molecule has 0 bridgehead atoms. The minimum absolute atomic E-state index is 0.267. The second-order valence-electron chi connectivity index (χ2n) is 3.84. The van der Waals surface area contributed by atoms with Gasteiger partial charge in [-0.05, 0) is 51.5 Å². The molecular formula is C12H11BrN2S. The van der Waals surface area contributed by atoms with Crippen LogP contribution in [0, 0.1) is 0 Å². The summed E-state index contributed by atoms with van der Waals surface area (Å²) in [5, 5.41) is 5.70. The van der Waals surface area contributed by atoms with E-state index in [1.165, 1.54) is 10.4 Å². The molecule has 0 aliphatic carbocycles. The topological polar surface area (TPSA) is 24.9 Å². The highest BCUT2D eigenvalue weighted by atomic mass is 79.9.